The molecule has 0 aliphatic carbocycles. The maximum absolute atomic E-state index is 12.6. The van der Waals surface area contributed by atoms with Crippen molar-refractivity contribution in [2.24, 2.45) is 5.73 Å². The van der Waals surface area contributed by atoms with Crippen LogP contribution in [0.25, 0.3) is 0 Å². The highest BCUT2D eigenvalue weighted by Gasteiger charge is 2.37. The lowest BCUT2D eigenvalue weighted by molar-refractivity contribution is -0.141. The molecule has 1 unspecified atom stereocenters. The highest BCUT2D eigenvalue weighted by molar-refractivity contribution is 6.41. The number of benzene rings is 1. The summed E-state index contributed by atoms with van der Waals surface area (Å²) in [6.45, 7) is 1.90. The van der Waals surface area contributed by atoms with Gasteiger partial charge in [0.25, 0.3) is 0 Å². The molecule has 0 bridgehead atoms. The van der Waals surface area contributed by atoms with Gasteiger partial charge in [-0.05, 0) is 31.3 Å². The first-order valence-corrected chi connectivity index (χ1v) is 10.2. The number of Topliss-reactive ketones (excluding diaryl/α,β-unsaturated/α-hetero) is 1. The van der Waals surface area contributed by atoms with Gasteiger partial charge in [0.2, 0.25) is 5.91 Å². The molecule has 1 aromatic carbocycles. The Labute approximate surface area is 189 Å². The largest absolute Gasteiger partial charge is 0.507 e. The first kappa shape index (κ1) is 24.2. The van der Waals surface area contributed by atoms with Crippen LogP contribution in [-0.2, 0) is 22.6 Å². The summed E-state index contributed by atoms with van der Waals surface area (Å²) in [6, 6.07) is 1.83. The second kappa shape index (κ2) is 10.0. The Bertz CT molecular complexity index is 1050. The molecule has 2 aromatic rings. The maximum Gasteiger partial charge on any atom is 0.451 e. The Morgan fingerprint density at radius 1 is 1.30 bits per heavy atom. The summed E-state index contributed by atoms with van der Waals surface area (Å²) in [5.41, 5.74) is 6.14. The van der Waals surface area contributed by atoms with Crippen molar-refractivity contribution in [3.8, 4) is 11.5 Å². The number of rotatable bonds is 10. The first-order chi connectivity index (χ1) is 15.6. The summed E-state index contributed by atoms with van der Waals surface area (Å²) >= 11 is 0. The molecule has 1 fully saturated rings. The average molecular weight is 460 g/mol. The molecule has 1 aliphatic heterocycles. The zero-order valence-corrected chi connectivity index (χ0v) is 17.9. The van der Waals surface area contributed by atoms with Crippen LogP contribution in [0.3, 0.4) is 0 Å². The van der Waals surface area contributed by atoms with Crippen LogP contribution in [0.4, 0.5) is 0 Å². The van der Waals surface area contributed by atoms with Gasteiger partial charge in [0.15, 0.2) is 0 Å². The normalized spacial score (nSPS) is 14.5. The number of aromatic nitrogens is 2. The SMILES string of the molecule is CC(=O)Cn1cnc(C(N)C(=O)N2CC(Oc3ccc(CCB(O)O)c(O)c3C(=O)O)C2)c1. The Balaban J connectivity index is 1.61. The van der Waals surface area contributed by atoms with E-state index in [0.717, 1.165) is 0 Å². The zero-order valence-electron chi connectivity index (χ0n) is 17.9. The van der Waals surface area contributed by atoms with Crippen LogP contribution < -0.4 is 10.5 Å². The number of carbonyl (C=O) groups excluding carboxylic acids is 2. The van der Waals surface area contributed by atoms with Crippen molar-refractivity contribution in [2.45, 2.75) is 38.4 Å². The predicted octanol–water partition coefficient (Wildman–Crippen LogP) is -0.819. The molecule has 0 spiro atoms. The number of carbonyl (C=O) groups is 3. The van der Waals surface area contributed by atoms with Gasteiger partial charge in [-0.25, -0.2) is 9.78 Å². The Morgan fingerprint density at radius 3 is 2.61 bits per heavy atom. The van der Waals surface area contributed by atoms with Crippen molar-refractivity contribution in [2.75, 3.05) is 13.1 Å². The van der Waals surface area contributed by atoms with E-state index in [1.807, 2.05) is 0 Å². The predicted molar refractivity (Wildman–Crippen MR) is 115 cm³/mol. The fourth-order valence-electron chi connectivity index (χ4n) is 3.48. The number of imidazole rings is 1. The molecular weight excluding hydrogens is 435 g/mol. The summed E-state index contributed by atoms with van der Waals surface area (Å²) < 4.78 is 7.23. The van der Waals surface area contributed by atoms with Crippen LogP contribution in [-0.4, -0.2) is 78.7 Å². The second-order valence-electron chi connectivity index (χ2n) is 7.90. The van der Waals surface area contributed by atoms with E-state index in [1.54, 1.807) is 0 Å². The van der Waals surface area contributed by atoms with E-state index in [4.69, 9.17) is 20.5 Å². The van der Waals surface area contributed by atoms with E-state index in [0.29, 0.717) is 5.69 Å². The lowest BCUT2D eigenvalue weighted by Crippen LogP contribution is -2.58. The number of carboxylic acid groups (broad SMARTS) is 1. The molecule has 1 aliphatic rings. The van der Waals surface area contributed by atoms with E-state index >= 15 is 0 Å². The van der Waals surface area contributed by atoms with Crippen molar-refractivity contribution < 1.29 is 39.4 Å². The minimum atomic E-state index is -1.58. The standard InChI is InChI=1S/C20H25BN4O8/c1-11(26)6-24-9-14(23-10-24)17(22)19(28)25-7-13(8-25)33-15-3-2-12(4-5-21(31)32)18(27)16(15)20(29)30/h2-3,9-10,13,17,27,31-32H,4-8,22H2,1H3,(H,29,30). The molecule has 1 aromatic heterocycles. The number of aryl methyl sites for hydroxylation is 1. The average Bonchev–Trinajstić information content (AvgIpc) is 3.15. The minimum Gasteiger partial charge on any atom is -0.507 e. The number of likely N-dealkylation sites (tertiary alicyclic amines) is 1. The van der Waals surface area contributed by atoms with E-state index < -0.39 is 36.5 Å². The number of ketones is 1. The fraction of sp³-hybridized carbons (Fsp3) is 0.400. The third kappa shape index (κ3) is 5.69. The van der Waals surface area contributed by atoms with Gasteiger partial charge in [-0.1, -0.05) is 6.07 Å². The molecule has 0 saturated carbocycles. The topological polar surface area (TPSA) is 188 Å². The molecule has 6 N–H and O–H groups in total. The number of carboxylic acids is 1. The zero-order chi connectivity index (χ0) is 24.3. The second-order valence-corrected chi connectivity index (χ2v) is 7.90. The molecule has 2 heterocycles. The van der Waals surface area contributed by atoms with Crippen LogP contribution in [0.2, 0.25) is 6.32 Å². The number of aromatic hydroxyl groups is 1. The van der Waals surface area contributed by atoms with E-state index in [1.165, 1.54) is 41.0 Å². The summed E-state index contributed by atoms with van der Waals surface area (Å²) in [6.07, 6.45) is 2.46. The molecule has 3 rings (SSSR count). The number of phenols is 1. The van der Waals surface area contributed by atoms with Gasteiger partial charge in [0.05, 0.1) is 31.7 Å². The molecular formula is C20H25BN4O8. The molecule has 1 amide bonds. The van der Waals surface area contributed by atoms with Crippen molar-refractivity contribution >= 4 is 24.8 Å². The Morgan fingerprint density at radius 2 is 2.00 bits per heavy atom. The fourth-order valence-corrected chi connectivity index (χ4v) is 3.48. The van der Waals surface area contributed by atoms with Crippen molar-refractivity contribution in [3.05, 3.63) is 41.5 Å². The maximum atomic E-state index is 12.6. The lowest BCUT2D eigenvalue weighted by atomic mass is 9.82. The van der Waals surface area contributed by atoms with Gasteiger partial charge >= 0.3 is 13.1 Å². The number of amides is 1. The van der Waals surface area contributed by atoms with E-state index in [2.05, 4.69) is 4.98 Å². The molecule has 1 atom stereocenters. The number of hydrogen-bond acceptors (Lipinski definition) is 9. The lowest BCUT2D eigenvalue weighted by Gasteiger charge is -2.40. The van der Waals surface area contributed by atoms with Crippen LogP contribution >= 0.6 is 0 Å². The molecule has 1 saturated heterocycles. The first-order valence-electron chi connectivity index (χ1n) is 10.2. The van der Waals surface area contributed by atoms with Crippen molar-refractivity contribution in [1.29, 1.82) is 0 Å². The third-order valence-corrected chi connectivity index (χ3v) is 5.21. The molecule has 33 heavy (non-hydrogen) atoms. The summed E-state index contributed by atoms with van der Waals surface area (Å²) in [5, 5.41) is 37.8. The summed E-state index contributed by atoms with van der Waals surface area (Å²) in [4.78, 5) is 41.0. The number of hydrogen-bond donors (Lipinski definition) is 5. The Hall–Kier alpha value is -3.42. The van der Waals surface area contributed by atoms with E-state index in [-0.39, 0.29) is 55.4 Å². The monoisotopic (exact) mass is 460 g/mol. The highest BCUT2D eigenvalue weighted by Crippen LogP contribution is 2.34. The third-order valence-electron chi connectivity index (χ3n) is 5.21. The van der Waals surface area contributed by atoms with Crippen molar-refractivity contribution in [3.63, 3.8) is 0 Å². The van der Waals surface area contributed by atoms with Crippen LogP contribution in [0, 0.1) is 0 Å². The van der Waals surface area contributed by atoms with Gasteiger partial charge in [-0.15, -0.1) is 0 Å². The van der Waals surface area contributed by atoms with Gasteiger partial charge in [-0.2, -0.15) is 0 Å². The van der Waals surface area contributed by atoms with E-state index in [9.17, 15) is 24.6 Å². The quantitative estimate of drug-likeness (QED) is 0.280. The van der Waals surface area contributed by atoms with Gasteiger partial charge in [0.1, 0.15) is 35.0 Å². The smallest absolute Gasteiger partial charge is 0.451 e. The highest BCUT2D eigenvalue weighted by atomic mass is 16.5. The number of nitrogens with zero attached hydrogens (tertiary/aromatic N) is 3. The minimum absolute atomic E-state index is 0.0577. The molecule has 0 radical (unpaired) electrons. The Kier molecular flexibility index (Phi) is 7.36. The number of nitrogens with two attached hydrogens (primary N) is 1. The molecule has 12 nitrogen and oxygen atoms in total. The van der Waals surface area contributed by atoms with Crippen molar-refractivity contribution in [1.82, 2.24) is 14.5 Å². The van der Waals surface area contributed by atoms with Crippen LogP contribution in [0.1, 0.15) is 34.6 Å². The summed E-state index contributed by atoms with van der Waals surface area (Å²) in [7, 11) is -1.58. The molecule has 176 valence electrons. The molecule has 13 heteroatoms. The number of ether oxygens (including phenoxy) is 1. The van der Waals surface area contributed by atoms with Gasteiger partial charge < -0.3 is 40.2 Å². The van der Waals surface area contributed by atoms with Gasteiger partial charge in [-0.3, -0.25) is 9.59 Å². The van der Waals surface area contributed by atoms with Crippen LogP contribution in [0.15, 0.2) is 24.7 Å². The summed E-state index contributed by atoms with van der Waals surface area (Å²) in [5.74, 6) is -2.41. The van der Waals surface area contributed by atoms with Crippen LogP contribution in [0.5, 0.6) is 11.5 Å². The van der Waals surface area contributed by atoms with Gasteiger partial charge in [0, 0.05) is 6.20 Å². The number of aromatic carboxylic acids is 1.